The fraction of sp³-hybridized carbons (Fsp3) is 0.241. The lowest BCUT2D eigenvalue weighted by Gasteiger charge is -2.28. The van der Waals surface area contributed by atoms with Crippen molar-refractivity contribution in [2.75, 3.05) is 4.90 Å². The molecule has 5 rings (SSSR count). The highest BCUT2D eigenvalue weighted by molar-refractivity contribution is 9.10. The summed E-state index contributed by atoms with van der Waals surface area (Å²) < 4.78 is 3.47. The van der Waals surface area contributed by atoms with Crippen molar-refractivity contribution in [1.29, 1.82) is 0 Å². The molecule has 2 aromatic carbocycles. The quantitative estimate of drug-likeness (QED) is 0.267. The zero-order valence-corrected chi connectivity index (χ0v) is 22.8. The second-order valence-corrected chi connectivity index (χ2v) is 10.3. The molecule has 0 saturated carbocycles. The van der Waals surface area contributed by atoms with Gasteiger partial charge in [-0.05, 0) is 98.6 Å². The molecule has 3 heterocycles. The van der Waals surface area contributed by atoms with Crippen LogP contribution >= 0.6 is 28.1 Å². The van der Waals surface area contributed by atoms with Gasteiger partial charge in [-0.1, -0.05) is 47.1 Å². The second kappa shape index (κ2) is 9.59. The molecule has 1 fully saturated rings. The molecule has 2 aromatic heterocycles. The molecule has 1 N–H and O–H groups in total. The third kappa shape index (κ3) is 4.19. The predicted octanol–water partition coefficient (Wildman–Crippen LogP) is 7.30. The van der Waals surface area contributed by atoms with Crippen LogP contribution in [0.15, 0.2) is 77.4 Å². The summed E-state index contributed by atoms with van der Waals surface area (Å²) in [5.74, 6) is 0. The highest BCUT2D eigenvalue weighted by atomic mass is 79.9. The smallest absolute Gasteiger partial charge is 0.174 e. The molecule has 1 saturated heterocycles. The van der Waals surface area contributed by atoms with Crippen LogP contribution in [0.25, 0.3) is 5.69 Å². The number of anilines is 1. The molecule has 4 aromatic rings. The largest absolute Gasteiger partial charge is 0.351 e. The molecule has 0 spiro atoms. The average Bonchev–Trinajstić information content (AvgIpc) is 3.36. The van der Waals surface area contributed by atoms with Crippen molar-refractivity contribution in [3.63, 3.8) is 0 Å². The summed E-state index contributed by atoms with van der Waals surface area (Å²) in [7, 11) is 0. The third-order valence-corrected chi connectivity index (χ3v) is 8.12. The zero-order chi connectivity index (χ0) is 24.7. The number of nitrogens with zero attached hydrogens (tertiary/aromatic N) is 3. The Balaban J connectivity index is 1.70. The zero-order valence-electron chi connectivity index (χ0n) is 20.4. The third-order valence-electron chi connectivity index (χ3n) is 6.92. The molecule has 1 aliphatic rings. The van der Waals surface area contributed by atoms with Crippen LogP contribution in [-0.2, 0) is 6.42 Å². The van der Waals surface area contributed by atoms with Crippen molar-refractivity contribution in [3.05, 3.63) is 111 Å². The monoisotopic (exact) mass is 544 g/mol. The van der Waals surface area contributed by atoms with E-state index in [4.69, 9.17) is 17.2 Å². The minimum Gasteiger partial charge on any atom is -0.351 e. The minimum absolute atomic E-state index is 0.0354. The van der Waals surface area contributed by atoms with Gasteiger partial charge < -0.3 is 14.8 Å². The lowest BCUT2D eigenvalue weighted by atomic mass is 9.96. The maximum absolute atomic E-state index is 5.94. The van der Waals surface area contributed by atoms with Gasteiger partial charge in [-0.2, -0.15) is 0 Å². The maximum atomic E-state index is 5.94. The van der Waals surface area contributed by atoms with Crippen molar-refractivity contribution >= 4 is 38.9 Å². The molecule has 35 heavy (non-hydrogen) atoms. The number of thiocarbonyl (C=S) groups is 1. The SMILES string of the molecule is CCc1ccccc1-n1c(C)cc([C@@H]2[C@H](c3ccccn3)NC(=S)N2c2ccc(Br)c(C)c2)c1C. The Hall–Kier alpha value is -2.96. The molecular formula is C29H29BrN4S. The number of hydrogen-bond acceptors (Lipinski definition) is 2. The summed E-state index contributed by atoms with van der Waals surface area (Å²) in [4.78, 5) is 6.97. The van der Waals surface area contributed by atoms with Crippen molar-refractivity contribution in [3.8, 4) is 5.69 Å². The number of para-hydroxylation sites is 1. The van der Waals surface area contributed by atoms with Gasteiger partial charge in [0.25, 0.3) is 0 Å². The van der Waals surface area contributed by atoms with E-state index in [9.17, 15) is 0 Å². The summed E-state index contributed by atoms with van der Waals surface area (Å²) in [6.45, 7) is 8.73. The van der Waals surface area contributed by atoms with E-state index in [1.165, 1.54) is 33.8 Å². The fourth-order valence-electron chi connectivity index (χ4n) is 5.21. The number of hydrogen-bond donors (Lipinski definition) is 1. The highest BCUT2D eigenvalue weighted by Crippen LogP contribution is 2.44. The van der Waals surface area contributed by atoms with Crippen LogP contribution in [-0.4, -0.2) is 14.7 Å². The number of benzene rings is 2. The Morgan fingerprint density at radius 1 is 1.00 bits per heavy atom. The molecular weight excluding hydrogens is 516 g/mol. The van der Waals surface area contributed by atoms with Gasteiger partial charge in [-0.3, -0.25) is 4.98 Å². The summed E-state index contributed by atoms with van der Waals surface area (Å²) in [6.07, 6.45) is 2.84. The number of halogens is 1. The van der Waals surface area contributed by atoms with E-state index in [-0.39, 0.29) is 12.1 Å². The first-order valence-electron chi connectivity index (χ1n) is 11.9. The highest BCUT2D eigenvalue weighted by Gasteiger charge is 2.42. The molecule has 6 heteroatoms. The lowest BCUT2D eigenvalue weighted by molar-refractivity contribution is 0.565. The van der Waals surface area contributed by atoms with E-state index >= 15 is 0 Å². The molecule has 4 nitrogen and oxygen atoms in total. The number of nitrogens with one attached hydrogen (secondary N) is 1. The molecule has 1 aliphatic heterocycles. The van der Waals surface area contributed by atoms with Crippen molar-refractivity contribution in [2.45, 2.75) is 46.2 Å². The number of aromatic nitrogens is 2. The number of aryl methyl sites for hydroxylation is 3. The Morgan fingerprint density at radius 3 is 2.49 bits per heavy atom. The lowest BCUT2D eigenvalue weighted by Crippen LogP contribution is -2.29. The van der Waals surface area contributed by atoms with E-state index in [1.54, 1.807) is 0 Å². The summed E-state index contributed by atoms with van der Waals surface area (Å²) >= 11 is 9.58. The summed E-state index contributed by atoms with van der Waals surface area (Å²) in [5, 5.41) is 4.31. The van der Waals surface area contributed by atoms with Gasteiger partial charge in [0, 0.05) is 33.4 Å². The minimum atomic E-state index is -0.0666. The average molecular weight is 546 g/mol. The molecule has 0 radical (unpaired) electrons. The molecule has 0 unspecified atom stereocenters. The van der Waals surface area contributed by atoms with Crippen LogP contribution in [0.4, 0.5) is 5.69 Å². The Bertz CT molecular complexity index is 1400. The Morgan fingerprint density at radius 2 is 1.77 bits per heavy atom. The molecule has 0 amide bonds. The van der Waals surface area contributed by atoms with Gasteiger partial charge in [0.05, 0.1) is 17.8 Å². The molecule has 0 bridgehead atoms. The van der Waals surface area contributed by atoms with Gasteiger partial charge in [-0.15, -0.1) is 0 Å². The molecule has 2 atom stereocenters. The van der Waals surface area contributed by atoms with Crippen molar-refractivity contribution in [1.82, 2.24) is 14.9 Å². The first-order valence-corrected chi connectivity index (χ1v) is 13.1. The van der Waals surface area contributed by atoms with Gasteiger partial charge in [0.15, 0.2) is 5.11 Å². The second-order valence-electron chi connectivity index (χ2n) is 9.07. The van der Waals surface area contributed by atoms with Gasteiger partial charge in [-0.25, -0.2) is 0 Å². The standard InChI is InChI=1S/C29H29BrN4S/c1-5-21-10-6-7-12-26(21)33-19(3)17-23(20(33)4)28-27(25-11-8-9-15-31-25)32-29(35)34(28)22-13-14-24(30)18(2)16-22/h6-17,27-28H,5H2,1-4H3,(H,32,35)/t27-,28+/m0/s1. The number of rotatable bonds is 5. The normalized spacial score (nSPS) is 17.6. The van der Waals surface area contributed by atoms with Gasteiger partial charge >= 0.3 is 0 Å². The van der Waals surface area contributed by atoms with E-state index in [0.29, 0.717) is 5.11 Å². The first kappa shape index (κ1) is 23.8. The molecule has 178 valence electrons. The Kier molecular flexibility index (Phi) is 6.51. The van der Waals surface area contributed by atoms with Gasteiger partial charge in [0.1, 0.15) is 0 Å². The van der Waals surface area contributed by atoms with Crippen LogP contribution in [0, 0.1) is 20.8 Å². The summed E-state index contributed by atoms with van der Waals surface area (Å²) in [5.41, 5.74) is 9.49. The van der Waals surface area contributed by atoms with Crippen molar-refractivity contribution < 1.29 is 0 Å². The van der Waals surface area contributed by atoms with Crippen LogP contribution in [0.1, 0.15) is 52.8 Å². The summed E-state index contributed by atoms with van der Waals surface area (Å²) in [6, 6.07) is 23.4. The van der Waals surface area contributed by atoms with E-state index in [0.717, 1.165) is 22.3 Å². The van der Waals surface area contributed by atoms with E-state index in [1.807, 2.05) is 18.3 Å². The van der Waals surface area contributed by atoms with Crippen LogP contribution in [0.2, 0.25) is 0 Å². The van der Waals surface area contributed by atoms with Crippen LogP contribution < -0.4 is 10.2 Å². The van der Waals surface area contributed by atoms with E-state index in [2.05, 4.69) is 113 Å². The first-order chi connectivity index (χ1) is 16.9. The van der Waals surface area contributed by atoms with Crippen molar-refractivity contribution in [2.24, 2.45) is 0 Å². The van der Waals surface area contributed by atoms with Gasteiger partial charge in [0.2, 0.25) is 0 Å². The predicted molar refractivity (Wildman–Crippen MR) is 151 cm³/mol. The fourth-order valence-corrected chi connectivity index (χ4v) is 5.81. The van der Waals surface area contributed by atoms with Crippen LogP contribution in [0.3, 0.4) is 0 Å². The Labute approximate surface area is 221 Å². The van der Waals surface area contributed by atoms with E-state index < -0.39 is 0 Å². The topological polar surface area (TPSA) is 33.1 Å². The number of pyridine rings is 1. The molecule has 0 aliphatic carbocycles. The maximum Gasteiger partial charge on any atom is 0.174 e. The van der Waals surface area contributed by atoms with Crippen LogP contribution in [0.5, 0.6) is 0 Å².